The molecule has 2 aromatic rings. The van der Waals surface area contributed by atoms with Gasteiger partial charge in [0.1, 0.15) is 11.3 Å². The number of aromatic carboxylic acids is 1. The van der Waals surface area contributed by atoms with Gasteiger partial charge in [-0.25, -0.2) is 9.78 Å². The monoisotopic (exact) mass is 311 g/mol. The fourth-order valence-electron chi connectivity index (χ4n) is 1.46. The summed E-state index contributed by atoms with van der Waals surface area (Å²) in [4.78, 5) is 36.2. The first-order valence-electron chi connectivity index (χ1n) is 5.29. The van der Waals surface area contributed by atoms with Gasteiger partial charge in [0.2, 0.25) is 5.15 Å². The predicted octanol–water partition coefficient (Wildman–Crippen LogP) is 1.32. The number of nitrogens with zero attached hydrogens (tertiary/aromatic N) is 3. The van der Waals surface area contributed by atoms with Crippen molar-refractivity contribution >= 4 is 35.0 Å². The van der Waals surface area contributed by atoms with Crippen molar-refractivity contribution in [2.75, 3.05) is 5.32 Å². The van der Waals surface area contributed by atoms with Gasteiger partial charge in [0.15, 0.2) is 5.82 Å². The van der Waals surface area contributed by atoms with Crippen LogP contribution in [-0.4, -0.2) is 37.1 Å². The number of nitro groups is 1. The number of nitrogens with one attached hydrogen (secondary N) is 2. The van der Waals surface area contributed by atoms with Crippen molar-refractivity contribution in [2.45, 2.75) is 0 Å². The van der Waals surface area contributed by atoms with E-state index in [1.165, 1.54) is 0 Å². The number of hydrogen-bond acceptors (Lipinski definition) is 6. The number of rotatable bonds is 4. The Morgan fingerprint density at radius 2 is 2.19 bits per heavy atom. The number of carboxylic acids is 1. The summed E-state index contributed by atoms with van der Waals surface area (Å²) >= 11 is 5.58. The van der Waals surface area contributed by atoms with Gasteiger partial charge in [0.05, 0.1) is 4.92 Å². The van der Waals surface area contributed by atoms with Crippen LogP contribution < -0.4 is 5.32 Å². The van der Waals surface area contributed by atoms with Gasteiger partial charge in [0, 0.05) is 12.3 Å². The molecule has 2 rings (SSSR count). The van der Waals surface area contributed by atoms with Crippen LogP contribution in [0, 0.1) is 10.1 Å². The fourth-order valence-corrected chi connectivity index (χ4v) is 1.69. The highest BCUT2D eigenvalue weighted by molar-refractivity contribution is 6.32. The number of aromatic amines is 1. The van der Waals surface area contributed by atoms with Gasteiger partial charge in [-0.2, -0.15) is 5.10 Å². The molecule has 0 spiro atoms. The zero-order valence-electron chi connectivity index (χ0n) is 10.0. The Hall–Kier alpha value is -3.01. The Kier molecular flexibility index (Phi) is 3.80. The molecule has 0 aliphatic heterocycles. The van der Waals surface area contributed by atoms with Crippen LogP contribution >= 0.6 is 11.6 Å². The number of carboxylic acid groups (broad SMARTS) is 1. The number of halogens is 1. The Morgan fingerprint density at radius 1 is 1.48 bits per heavy atom. The molecule has 0 aromatic carbocycles. The third-order valence-electron chi connectivity index (χ3n) is 2.36. The number of H-pyrrole nitrogens is 1. The van der Waals surface area contributed by atoms with E-state index in [0.717, 1.165) is 18.3 Å². The van der Waals surface area contributed by atoms with Crippen molar-refractivity contribution in [1.82, 2.24) is 15.2 Å². The molecule has 0 saturated heterocycles. The summed E-state index contributed by atoms with van der Waals surface area (Å²) in [5, 5.41) is 27.1. The number of aromatic nitrogens is 3. The molecule has 11 heteroatoms. The molecule has 2 aromatic heterocycles. The molecule has 0 aliphatic rings. The third-order valence-corrected chi connectivity index (χ3v) is 2.63. The van der Waals surface area contributed by atoms with Gasteiger partial charge in [-0.3, -0.25) is 20.0 Å². The van der Waals surface area contributed by atoms with E-state index in [2.05, 4.69) is 20.5 Å². The Balaban J connectivity index is 2.30. The molecule has 10 nitrogen and oxygen atoms in total. The van der Waals surface area contributed by atoms with Crippen LogP contribution in [0.1, 0.15) is 20.8 Å². The van der Waals surface area contributed by atoms with E-state index in [9.17, 15) is 19.7 Å². The van der Waals surface area contributed by atoms with Crippen molar-refractivity contribution < 1.29 is 19.6 Å². The van der Waals surface area contributed by atoms with Crippen LogP contribution in [-0.2, 0) is 0 Å². The lowest BCUT2D eigenvalue weighted by molar-refractivity contribution is -0.385. The van der Waals surface area contributed by atoms with E-state index < -0.39 is 27.6 Å². The number of pyridine rings is 1. The molecule has 2 heterocycles. The second-order valence-corrected chi connectivity index (χ2v) is 4.04. The number of anilines is 1. The molecule has 108 valence electrons. The second kappa shape index (κ2) is 5.54. The van der Waals surface area contributed by atoms with Crippen molar-refractivity contribution in [3.8, 4) is 0 Å². The molecule has 21 heavy (non-hydrogen) atoms. The summed E-state index contributed by atoms with van der Waals surface area (Å²) in [5.41, 5.74) is -1.21. The van der Waals surface area contributed by atoms with Gasteiger partial charge in [0.25, 0.3) is 5.91 Å². The normalized spacial score (nSPS) is 10.1. The van der Waals surface area contributed by atoms with Crippen LogP contribution in [0.15, 0.2) is 18.3 Å². The molecule has 1 amide bonds. The average Bonchev–Trinajstić information content (AvgIpc) is 2.86. The van der Waals surface area contributed by atoms with E-state index in [1.807, 2.05) is 0 Å². The van der Waals surface area contributed by atoms with Crippen LogP contribution in [0.5, 0.6) is 0 Å². The lowest BCUT2D eigenvalue weighted by atomic mass is 10.2. The van der Waals surface area contributed by atoms with Crippen molar-refractivity contribution in [1.29, 1.82) is 0 Å². The summed E-state index contributed by atoms with van der Waals surface area (Å²) in [6, 6.07) is 2.18. The number of carbonyl (C=O) groups excluding carboxylic acids is 1. The quantitative estimate of drug-likeness (QED) is 0.437. The first kappa shape index (κ1) is 14.4. The predicted molar refractivity (Wildman–Crippen MR) is 69.4 cm³/mol. The first-order valence-corrected chi connectivity index (χ1v) is 5.67. The topological polar surface area (TPSA) is 151 Å². The number of amides is 1. The highest BCUT2D eigenvalue weighted by atomic mass is 35.5. The summed E-state index contributed by atoms with van der Waals surface area (Å²) in [7, 11) is 0. The van der Waals surface area contributed by atoms with Crippen LogP contribution in [0.2, 0.25) is 5.15 Å². The molecule has 0 atom stereocenters. The Labute approximate surface area is 120 Å². The third kappa shape index (κ3) is 2.95. The molecule has 0 radical (unpaired) electrons. The first-order chi connectivity index (χ1) is 9.90. The standard InChI is InChI=1S/C10H6ClN5O5/c11-8-7(16(20)21)4(1-2-12-8)9(17)13-6-3-5(10(18)19)14-15-6/h1-3H,(H,18,19)(H2,13,14,15,17). The molecule has 0 saturated carbocycles. The summed E-state index contributed by atoms with van der Waals surface area (Å²) < 4.78 is 0. The maximum Gasteiger partial charge on any atom is 0.353 e. The van der Waals surface area contributed by atoms with Crippen LogP contribution in [0.3, 0.4) is 0 Å². The van der Waals surface area contributed by atoms with Crippen molar-refractivity contribution in [2.24, 2.45) is 0 Å². The van der Waals surface area contributed by atoms with Gasteiger partial charge >= 0.3 is 11.7 Å². The summed E-state index contributed by atoms with van der Waals surface area (Å²) in [5.74, 6) is -2.23. The summed E-state index contributed by atoms with van der Waals surface area (Å²) in [6.07, 6.45) is 1.14. The van der Waals surface area contributed by atoms with Gasteiger partial charge in [-0.1, -0.05) is 11.6 Å². The second-order valence-electron chi connectivity index (χ2n) is 3.68. The molecular formula is C10H6ClN5O5. The maximum atomic E-state index is 12.0. The Morgan fingerprint density at radius 3 is 2.76 bits per heavy atom. The fraction of sp³-hybridized carbons (Fsp3) is 0. The van der Waals surface area contributed by atoms with Gasteiger partial charge in [-0.15, -0.1) is 0 Å². The van der Waals surface area contributed by atoms with E-state index in [0.29, 0.717) is 0 Å². The smallest absolute Gasteiger partial charge is 0.353 e. The van der Waals surface area contributed by atoms with Crippen molar-refractivity contribution in [3.05, 3.63) is 44.9 Å². The zero-order chi connectivity index (χ0) is 15.6. The lowest BCUT2D eigenvalue weighted by Crippen LogP contribution is -2.14. The largest absolute Gasteiger partial charge is 0.477 e. The molecule has 0 aliphatic carbocycles. The van der Waals surface area contributed by atoms with Crippen LogP contribution in [0.25, 0.3) is 0 Å². The highest BCUT2D eigenvalue weighted by Gasteiger charge is 2.25. The van der Waals surface area contributed by atoms with E-state index >= 15 is 0 Å². The molecular weight excluding hydrogens is 306 g/mol. The van der Waals surface area contributed by atoms with E-state index in [4.69, 9.17) is 16.7 Å². The molecule has 0 unspecified atom stereocenters. The minimum absolute atomic E-state index is 0.0976. The lowest BCUT2D eigenvalue weighted by Gasteiger charge is -2.03. The average molecular weight is 312 g/mol. The number of carbonyl (C=O) groups is 2. The molecule has 0 bridgehead atoms. The molecule has 3 N–H and O–H groups in total. The van der Waals surface area contributed by atoms with Gasteiger partial charge in [-0.05, 0) is 6.07 Å². The van der Waals surface area contributed by atoms with E-state index in [-0.39, 0.29) is 17.1 Å². The van der Waals surface area contributed by atoms with Gasteiger partial charge < -0.3 is 10.4 Å². The minimum Gasteiger partial charge on any atom is -0.477 e. The number of hydrogen-bond donors (Lipinski definition) is 3. The zero-order valence-corrected chi connectivity index (χ0v) is 10.8. The minimum atomic E-state index is -1.26. The molecule has 0 fully saturated rings. The maximum absolute atomic E-state index is 12.0. The Bertz CT molecular complexity index is 743. The van der Waals surface area contributed by atoms with Crippen LogP contribution in [0.4, 0.5) is 11.5 Å². The van der Waals surface area contributed by atoms with Crippen molar-refractivity contribution in [3.63, 3.8) is 0 Å². The SMILES string of the molecule is O=C(O)c1cc(NC(=O)c2ccnc(Cl)c2[N+](=O)[O-])n[nH]1. The highest BCUT2D eigenvalue weighted by Crippen LogP contribution is 2.26. The summed E-state index contributed by atoms with van der Waals surface area (Å²) in [6.45, 7) is 0. The van der Waals surface area contributed by atoms with E-state index in [1.54, 1.807) is 0 Å².